The van der Waals surface area contributed by atoms with E-state index in [4.69, 9.17) is 0 Å². The fraction of sp³-hybridized carbons (Fsp3) is 0.333. The fourth-order valence-corrected chi connectivity index (χ4v) is 4.07. The summed E-state index contributed by atoms with van der Waals surface area (Å²) in [6, 6.07) is 4.88. The van der Waals surface area contributed by atoms with Gasteiger partial charge in [0.2, 0.25) is 0 Å². The van der Waals surface area contributed by atoms with Crippen LogP contribution < -0.4 is 10.4 Å². The second-order valence-electron chi connectivity index (χ2n) is 6.55. The van der Waals surface area contributed by atoms with Crippen molar-refractivity contribution in [2.24, 2.45) is 0 Å². The molecule has 4 nitrogen and oxygen atoms in total. The molecule has 2 unspecified atom stereocenters. The number of fused-ring (bicyclic) bond motifs is 5. The number of rotatable bonds is 3. The van der Waals surface area contributed by atoms with Crippen molar-refractivity contribution in [2.45, 2.75) is 37.3 Å². The topological polar surface area (TPSA) is 65.0 Å². The summed E-state index contributed by atoms with van der Waals surface area (Å²) >= 11 is 0. The molecular formula is C18H14F3N2O2-. The van der Waals surface area contributed by atoms with Crippen molar-refractivity contribution in [1.29, 1.82) is 0 Å². The maximum Gasteiger partial charge on any atom is 0.416 e. The van der Waals surface area contributed by atoms with Gasteiger partial charge in [-0.15, -0.1) is 0 Å². The van der Waals surface area contributed by atoms with E-state index in [0.29, 0.717) is 5.82 Å². The number of hydrogen-bond acceptors (Lipinski definition) is 4. The zero-order chi connectivity index (χ0) is 17.8. The predicted molar refractivity (Wildman–Crippen MR) is 82.6 cm³/mol. The van der Waals surface area contributed by atoms with Gasteiger partial charge in [0.1, 0.15) is 5.82 Å². The van der Waals surface area contributed by atoms with Gasteiger partial charge in [-0.25, -0.2) is 4.98 Å². The van der Waals surface area contributed by atoms with Gasteiger partial charge in [0.25, 0.3) is 0 Å². The van der Waals surface area contributed by atoms with Gasteiger partial charge in [-0.3, -0.25) is 0 Å². The molecule has 2 bridgehead atoms. The second kappa shape index (κ2) is 5.47. The molecule has 0 radical (unpaired) electrons. The highest BCUT2D eigenvalue weighted by molar-refractivity contribution is 5.89. The van der Waals surface area contributed by atoms with Crippen LogP contribution in [0.15, 0.2) is 30.5 Å². The Labute approximate surface area is 141 Å². The molecule has 1 aromatic carbocycles. The lowest BCUT2D eigenvalue weighted by atomic mass is 9.89. The van der Waals surface area contributed by atoms with Crippen LogP contribution in [0.25, 0.3) is 0 Å². The largest absolute Gasteiger partial charge is 0.545 e. The zero-order valence-electron chi connectivity index (χ0n) is 13.1. The van der Waals surface area contributed by atoms with Crippen molar-refractivity contribution in [3.63, 3.8) is 0 Å². The number of carboxylic acid groups (broad SMARTS) is 1. The zero-order valence-corrected chi connectivity index (χ0v) is 13.1. The molecule has 1 heterocycles. The summed E-state index contributed by atoms with van der Waals surface area (Å²) in [6.45, 7) is 0. The summed E-state index contributed by atoms with van der Waals surface area (Å²) in [6.07, 6.45) is -0.466. The van der Waals surface area contributed by atoms with Gasteiger partial charge in [-0.05, 0) is 54.9 Å². The monoisotopic (exact) mass is 347 g/mol. The van der Waals surface area contributed by atoms with Gasteiger partial charge < -0.3 is 15.2 Å². The van der Waals surface area contributed by atoms with Crippen LogP contribution in [-0.4, -0.2) is 11.0 Å². The molecule has 2 aliphatic rings. The van der Waals surface area contributed by atoms with E-state index >= 15 is 0 Å². The van der Waals surface area contributed by atoms with Crippen molar-refractivity contribution in [2.75, 3.05) is 5.32 Å². The molecule has 7 heteroatoms. The van der Waals surface area contributed by atoms with Crippen LogP contribution in [-0.2, 0) is 6.18 Å². The highest BCUT2D eigenvalue weighted by Crippen LogP contribution is 2.56. The Kier molecular flexibility index (Phi) is 3.49. The number of aromatic carboxylic acids is 1. The fourth-order valence-electron chi connectivity index (χ4n) is 4.07. The number of anilines is 2. The Bertz CT molecular complexity index is 864. The minimum Gasteiger partial charge on any atom is -0.545 e. The van der Waals surface area contributed by atoms with Crippen LogP contribution in [0.1, 0.15) is 58.1 Å². The van der Waals surface area contributed by atoms with E-state index in [1.807, 2.05) is 0 Å². The molecule has 0 saturated heterocycles. The van der Waals surface area contributed by atoms with Crippen molar-refractivity contribution < 1.29 is 23.1 Å². The minimum absolute atomic E-state index is 0.0943. The number of halogens is 3. The number of alkyl halides is 3. The number of benzene rings is 1. The van der Waals surface area contributed by atoms with Crippen LogP contribution in [0.3, 0.4) is 0 Å². The van der Waals surface area contributed by atoms with Crippen molar-refractivity contribution >= 4 is 17.5 Å². The van der Waals surface area contributed by atoms with Crippen LogP contribution >= 0.6 is 0 Å². The summed E-state index contributed by atoms with van der Waals surface area (Å²) in [4.78, 5) is 15.5. The third-order valence-electron chi connectivity index (χ3n) is 5.08. The van der Waals surface area contributed by atoms with E-state index < -0.39 is 17.7 Å². The quantitative estimate of drug-likeness (QED) is 0.922. The number of nitrogens with one attached hydrogen (secondary N) is 1. The highest BCUT2D eigenvalue weighted by Gasteiger charge is 2.41. The number of carbonyl (C=O) groups excluding carboxylic acids is 1. The molecule has 4 rings (SSSR count). The number of hydrogen-bond donors (Lipinski definition) is 1. The van der Waals surface area contributed by atoms with Gasteiger partial charge in [-0.2, -0.15) is 13.2 Å². The van der Waals surface area contributed by atoms with E-state index in [0.717, 1.165) is 42.5 Å². The molecule has 1 saturated carbocycles. The molecule has 25 heavy (non-hydrogen) atoms. The smallest absolute Gasteiger partial charge is 0.416 e. The van der Waals surface area contributed by atoms with Crippen LogP contribution in [0.5, 0.6) is 0 Å². The lowest BCUT2D eigenvalue weighted by Crippen LogP contribution is -2.25. The standard InChI is InChI=1S/C18H15F3N2O2/c19-18(20,21)11-2-1-3-12(7-11)23-16-15-10-5-4-9(6-10)14(15)13(8-22-16)17(24)25/h1-3,7-10H,4-6H2,(H,22,23)(H,24,25)/p-1. The van der Waals surface area contributed by atoms with Crippen LogP contribution in [0.4, 0.5) is 24.7 Å². The summed E-state index contributed by atoms with van der Waals surface area (Å²) in [7, 11) is 0. The molecule has 0 amide bonds. The Morgan fingerprint density at radius 1 is 1.20 bits per heavy atom. The van der Waals surface area contributed by atoms with E-state index in [-0.39, 0.29) is 23.1 Å². The lowest BCUT2D eigenvalue weighted by Gasteiger charge is -2.22. The highest BCUT2D eigenvalue weighted by atomic mass is 19.4. The molecular weight excluding hydrogens is 333 g/mol. The van der Waals surface area contributed by atoms with Gasteiger partial charge >= 0.3 is 6.18 Å². The molecule has 1 aromatic heterocycles. The first kappa shape index (κ1) is 15.9. The van der Waals surface area contributed by atoms with Gasteiger partial charge in [0.05, 0.1) is 11.5 Å². The molecule has 2 aromatic rings. The summed E-state index contributed by atoms with van der Waals surface area (Å²) in [5.74, 6) is -0.466. The van der Waals surface area contributed by atoms with E-state index in [1.54, 1.807) is 0 Å². The van der Waals surface area contributed by atoms with Crippen LogP contribution in [0.2, 0.25) is 0 Å². The average Bonchev–Trinajstić information content (AvgIpc) is 3.16. The summed E-state index contributed by atoms with van der Waals surface area (Å²) < 4.78 is 38.6. The maximum atomic E-state index is 12.9. The normalized spacial score (nSPS) is 21.2. The third kappa shape index (κ3) is 2.63. The van der Waals surface area contributed by atoms with E-state index in [2.05, 4.69) is 10.3 Å². The Hall–Kier alpha value is -2.57. The molecule has 2 atom stereocenters. The van der Waals surface area contributed by atoms with Crippen molar-refractivity contribution in [1.82, 2.24) is 4.98 Å². The molecule has 1 N–H and O–H groups in total. The molecule has 2 aliphatic carbocycles. The molecule has 130 valence electrons. The Balaban J connectivity index is 1.75. The first-order valence-corrected chi connectivity index (χ1v) is 8.03. The van der Waals surface area contributed by atoms with E-state index in [1.165, 1.54) is 18.3 Å². The van der Waals surface area contributed by atoms with Crippen molar-refractivity contribution in [3.8, 4) is 0 Å². The van der Waals surface area contributed by atoms with Gasteiger partial charge in [-0.1, -0.05) is 6.07 Å². The third-order valence-corrected chi connectivity index (χ3v) is 5.08. The number of pyridine rings is 1. The first-order chi connectivity index (χ1) is 11.8. The maximum absolute atomic E-state index is 12.9. The van der Waals surface area contributed by atoms with Crippen molar-refractivity contribution in [3.05, 3.63) is 52.7 Å². The first-order valence-electron chi connectivity index (χ1n) is 8.03. The number of carbonyl (C=O) groups is 1. The average molecular weight is 347 g/mol. The SMILES string of the molecule is O=C([O-])c1cnc(Nc2cccc(C(F)(F)F)c2)c2c1C1CCC2C1. The number of nitrogens with zero attached hydrogens (tertiary/aromatic N) is 1. The minimum atomic E-state index is -4.43. The molecule has 0 spiro atoms. The molecule has 1 fully saturated rings. The summed E-state index contributed by atoms with van der Waals surface area (Å²) in [5, 5.41) is 14.3. The Morgan fingerprint density at radius 2 is 1.92 bits per heavy atom. The van der Waals surface area contributed by atoms with Gasteiger partial charge in [0, 0.05) is 23.0 Å². The van der Waals surface area contributed by atoms with Gasteiger partial charge in [0.15, 0.2) is 0 Å². The lowest BCUT2D eigenvalue weighted by molar-refractivity contribution is -0.255. The number of carboxylic acids is 1. The second-order valence-corrected chi connectivity index (χ2v) is 6.55. The summed E-state index contributed by atoms with van der Waals surface area (Å²) in [5.41, 5.74) is 1.17. The molecule has 0 aliphatic heterocycles. The van der Waals surface area contributed by atoms with Crippen LogP contribution in [0, 0.1) is 0 Å². The predicted octanol–water partition coefficient (Wildman–Crippen LogP) is 3.57. The Morgan fingerprint density at radius 3 is 2.60 bits per heavy atom. The number of aromatic nitrogens is 1. The van der Waals surface area contributed by atoms with E-state index in [9.17, 15) is 23.1 Å².